The van der Waals surface area contributed by atoms with E-state index in [1.807, 2.05) is 14.0 Å². The Bertz CT molecular complexity index is 479. The SMILES string of the molecule is CC(c1cccc(F)c1F)N(C)C1CC2CCC(C1)N2. The van der Waals surface area contributed by atoms with Crippen LogP contribution < -0.4 is 5.32 Å². The lowest BCUT2D eigenvalue weighted by Gasteiger charge is -2.39. The fourth-order valence-electron chi connectivity index (χ4n) is 3.74. The number of rotatable bonds is 3. The first-order valence-electron chi connectivity index (χ1n) is 7.48. The van der Waals surface area contributed by atoms with E-state index in [1.165, 1.54) is 18.9 Å². The van der Waals surface area contributed by atoms with Crippen LogP contribution in [0.2, 0.25) is 0 Å². The van der Waals surface area contributed by atoms with Crippen molar-refractivity contribution in [1.29, 1.82) is 0 Å². The maximum Gasteiger partial charge on any atom is 0.163 e. The summed E-state index contributed by atoms with van der Waals surface area (Å²) in [4.78, 5) is 2.21. The molecule has 2 fully saturated rings. The number of nitrogens with one attached hydrogen (secondary N) is 1. The quantitative estimate of drug-likeness (QED) is 0.914. The molecule has 3 rings (SSSR count). The normalized spacial score (nSPS) is 30.8. The summed E-state index contributed by atoms with van der Waals surface area (Å²) in [6.07, 6.45) is 4.71. The Labute approximate surface area is 119 Å². The Hall–Kier alpha value is -1.00. The van der Waals surface area contributed by atoms with Gasteiger partial charge in [-0.05, 0) is 45.7 Å². The van der Waals surface area contributed by atoms with Crippen LogP contribution in [-0.4, -0.2) is 30.1 Å². The number of nitrogens with zero attached hydrogens (tertiary/aromatic N) is 1. The number of piperidine rings is 1. The molecule has 3 atom stereocenters. The molecular weight excluding hydrogens is 258 g/mol. The van der Waals surface area contributed by atoms with Gasteiger partial charge in [-0.3, -0.25) is 4.90 Å². The second kappa shape index (κ2) is 5.41. The molecule has 110 valence electrons. The van der Waals surface area contributed by atoms with Crippen LogP contribution >= 0.6 is 0 Å². The summed E-state index contributed by atoms with van der Waals surface area (Å²) in [5, 5.41) is 3.61. The van der Waals surface area contributed by atoms with Crippen molar-refractivity contribution in [3.05, 3.63) is 35.4 Å². The largest absolute Gasteiger partial charge is 0.311 e. The molecule has 3 unspecified atom stereocenters. The fraction of sp³-hybridized carbons (Fsp3) is 0.625. The molecule has 2 aliphatic rings. The van der Waals surface area contributed by atoms with Gasteiger partial charge in [-0.15, -0.1) is 0 Å². The molecular formula is C16H22F2N2. The summed E-state index contributed by atoms with van der Waals surface area (Å²) in [6, 6.07) is 6.01. The molecule has 1 aromatic carbocycles. The van der Waals surface area contributed by atoms with Crippen LogP contribution in [0, 0.1) is 11.6 Å². The van der Waals surface area contributed by atoms with E-state index in [0.717, 1.165) is 12.8 Å². The van der Waals surface area contributed by atoms with E-state index in [1.54, 1.807) is 12.1 Å². The summed E-state index contributed by atoms with van der Waals surface area (Å²) in [6.45, 7) is 1.96. The number of hydrogen-bond acceptors (Lipinski definition) is 2. The maximum absolute atomic E-state index is 13.9. The van der Waals surface area contributed by atoms with Crippen LogP contribution in [0.5, 0.6) is 0 Å². The van der Waals surface area contributed by atoms with Gasteiger partial charge in [0, 0.05) is 29.7 Å². The first-order chi connectivity index (χ1) is 9.56. The van der Waals surface area contributed by atoms with Gasteiger partial charge in [0.15, 0.2) is 11.6 Å². The van der Waals surface area contributed by atoms with Gasteiger partial charge in [-0.2, -0.15) is 0 Å². The molecule has 2 heterocycles. The highest BCUT2D eigenvalue weighted by Crippen LogP contribution is 2.33. The van der Waals surface area contributed by atoms with E-state index in [4.69, 9.17) is 0 Å². The molecule has 0 amide bonds. The third kappa shape index (κ3) is 2.47. The van der Waals surface area contributed by atoms with Crippen molar-refractivity contribution in [2.75, 3.05) is 7.05 Å². The minimum atomic E-state index is -0.756. The number of halogens is 2. The Kier molecular flexibility index (Phi) is 3.78. The average Bonchev–Trinajstić information content (AvgIpc) is 2.79. The monoisotopic (exact) mass is 280 g/mol. The van der Waals surface area contributed by atoms with E-state index in [2.05, 4.69) is 10.2 Å². The second-order valence-corrected chi connectivity index (χ2v) is 6.25. The zero-order chi connectivity index (χ0) is 14.3. The van der Waals surface area contributed by atoms with E-state index >= 15 is 0 Å². The van der Waals surface area contributed by atoms with E-state index in [9.17, 15) is 8.78 Å². The van der Waals surface area contributed by atoms with Crippen molar-refractivity contribution in [2.45, 2.75) is 56.8 Å². The van der Waals surface area contributed by atoms with Crippen molar-refractivity contribution in [3.8, 4) is 0 Å². The topological polar surface area (TPSA) is 15.3 Å². The predicted octanol–water partition coefficient (Wildman–Crippen LogP) is 3.24. The lowest BCUT2D eigenvalue weighted by atomic mass is 9.95. The maximum atomic E-state index is 13.9. The highest BCUT2D eigenvalue weighted by Gasteiger charge is 2.36. The molecule has 0 saturated carbocycles. The predicted molar refractivity (Wildman–Crippen MR) is 75.5 cm³/mol. The lowest BCUT2D eigenvalue weighted by Crippen LogP contribution is -2.47. The summed E-state index contributed by atoms with van der Waals surface area (Å²) in [5.74, 6) is -1.46. The Balaban J connectivity index is 1.76. The zero-order valence-corrected chi connectivity index (χ0v) is 12.1. The van der Waals surface area contributed by atoms with Crippen LogP contribution in [0.4, 0.5) is 8.78 Å². The third-order valence-corrected chi connectivity index (χ3v) is 5.07. The molecule has 0 spiro atoms. The Morgan fingerprint density at radius 3 is 2.50 bits per heavy atom. The molecule has 2 aliphatic heterocycles. The van der Waals surface area contributed by atoms with Gasteiger partial charge in [0.1, 0.15) is 0 Å². The van der Waals surface area contributed by atoms with Gasteiger partial charge in [-0.1, -0.05) is 12.1 Å². The van der Waals surface area contributed by atoms with Crippen LogP contribution in [0.25, 0.3) is 0 Å². The van der Waals surface area contributed by atoms with Crippen LogP contribution in [0.3, 0.4) is 0 Å². The third-order valence-electron chi connectivity index (χ3n) is 5.07. The zero-order valence-electron chi connectivity index (χ0n) is 12.1. The minimum Gasteiger partial charge on any atom is -0.311 e. The highest BCUT2D eigenvalue weighted by molar-refractivity contribution is 5.22. The molecule has 2 saturated heterocycles. The average molecular weight is 280 g/mol. The summed E-state index contributed by atoms with van der Waals surface area (Å²) < 4.78 is 27.3. The van der Waals surface area contributed by atoms with Crippen LogP contribution in [0.1, 0.15) is 44.2 Å². The summed E-state index contributed by atoms with van der Waals surface area (Å²) in [5.41, 5.74) is 0.457. The van der Waals surface area contributed by atoms with Crippen molar-refractivity contribution in [3.63, 3.8) is 0 Å². The highest BCUT2D eigenvalue weighted by atomic mass is 19.2. The van der Waals surface area contributed by atoms with Gasteiger partial charge in [0.2, 0.25) is 0 Å². The fourth-order valence-corrected chi connectivity index (χ4v) is 3.74. The van der Waals surface area contributed by atoms with Gasteiger partial charge in [-0.25, -0.2) is 8.78 Å². The second-order valence-electron chi connectivity index (χ2n) is 6.25. The molecule has 4 heteroatoms. The Morgan fingerprint density at radius 2 is 1.85 bits per heavy atom. The smallest absolute Gasteiger partial charge is 0.163 e. The van der Waals surface area contributed by atoms with Crippen LogP contribution in [0.15, 0.2) is 18.2 Å². The molecule has 0 aromatic heterocycles. The summed E-state index contributed by atoms with van der Waals surface area (Å²) in [7, 11) is 2.03. The molecule has 0 radical (unpaired) electrons. The molecule has 20 heavy (non-hydrogen) atoms. The van der Waals surface area contributed by atoms with Gasteiger partial charge < -0.3 is 5.32 Å². The summed E-state index contributed by atoms with van der Waals surface area (Å²) >= 11 is 0. The van der Waals surface area contributed by atoms with E-state index in [-0.39, 0.29) is 6.04 Å². The number of benzene rings is 1. The molecule has 1 aromatic rings. The minimum absolute atomic E-state index is 0.104. The lowest BCUT2D eigenvalue weighted by molar-refractivity contribution is 0.130. The first kappa shape index (κ1) is 14.0. The van der Waals surface area contributed by atoms with Gasteiger partial charge in [0.25, 0.3) is 0 Å². The number of fused-ring (bicyclic) bond motifs is 2. The molecule has 2 nitrogen and oxygen atoms in total. The van der Waals surface area contributed by atoms with Crippen LogP contribution in [-0.2, 0) is 0 Å². The van der Waals surface area contributed by atoms with Gasteiger partial charge >= 0.3 is 0 Å². The molecule has 2 bridgehead atoms. The number of hydrogen-bond donors (Lipinski definition) is 1. The van der Waals surface area contributed by atoms with Crippen molar-refractivity contribution in [1.82, 2.24) is 10.2 Å². The van der Waals surface area contributed by atoms with Crippen molar-refractivity contribution >= 4 is 0 Å². The van der Waals surface area contributed by atoms with E-state index in [0.29, 0.717) is 23.7 Å². The standard InChI is InChI=1S/C16H22F2N2/c1-10(14-4-3-5-15(17)16(14)18)20(2)13-8-11-6-7-12(9-13)19-11/h3-5,10-13,19H,6-9H2,1-2H3. The van der Waals surface area contributed by atoms with E-state index < -0.39 is 11.6 Å². The first-order valence-corrected chi connectivity index (χ1v) is 7.48. The molecule has 1 N–H and O–H groups in total. The van der Waals surface area contributed by atoms with Gasteiger partial charge in [0.05, 0.1) is 0 Å². The Morgan fingerprint density at radius 1 is 1.20 bits per heavy atom. The molecule has 0 aliphatic carbocycles. The van der Waals surface area contributed by atoms with Crippen molar-refractivity contribution in [2.24, 2.45) is 0 Å². The van der Waals surface area contributed by atoms with Crippen molar-refractivity contribution < 1.29 is 8.78 Å².